The molecule has 106 valence electrons. The van der Waals surface area contributed by atoms with Gasteiger partial charge in [0, 0.05) is 16.2 Å². The Balaban J connectivity index is 2.23. The number of benzene rings is 2. The van der Waals surface area contributed by atoms with E-state index >= 15 is 0 Å². The van der Waals surface area contributed by atoms with Gasteiger partial charge in [0.1, 0.15) is 0 Å². The zero-order chi connectivity index (χ0) is 14.8. The molecule has 0 N–H and O–H groups in total. The molecule has 0 aliphatic rings. The van der Waals surface area contributed by atoms with Gasteiger partial charge in [-0.05, 0) is 26.7 Å². The lowest BCUT2D eigenvalue weighted by Crippen LogP contribution is -1.98. The van der Waals surface area contributed by atoms with Gasteiger partial charge in [-0.2, -0.15) is 4.98 Å². The summed E-state index contributed by atoms with van der Waals surface area (Å²) in [5.41, 5.74) is 1.80. The normalized spacial score (nSPS) is 10.6. The fraction of sp³-hybridized carbons (Fsp3) is 0.125. The van der Waals surface area contributed by atoms with Crippen LogP contribution in [-0.4, -0.2) is 24.2 Å². The summed E-state index contributed by atoms with van der Waals surface area (Å²) in [5.74, 6) is 0.484. The Hall–Kier alpha value is -2.14. The highest BCUT2D eigenvalue weighted by atomic mass is 79.9. The van der Waals surface area contributed by atoms with Gasteiger partial charge in [-0.1, -0.05) is 36.4 Å². The third-order valence-corrected chi connectivity index (χ3v) is 4.12. The highest BCUT2D eigenvalue weighted by Crippen LogP contribution is 2.38. The molecule has 0 unspecified atom stereocenters. The van der Waals surface area contributed by atoms with Crippen LogP contribution in [0.2, 0.25) is 0 Å². The number of fused-ring (bicyclic) bond motifs is 1. The smallest absolute Gasteiger partial charge is 0.319 e. The Morgan fingerprint density at radius 1 is 0.952 bits per heavy atom. The predicted octanol–water partition coefficient (Wildman–Crippen LogP) is 4.08. The molecule has 0 aliphatic carbocycles. The van der Waals surface area contributed by atoms with Crippen LogP contribution in [0.4, 0.5) is 0 Å². The van der Waals surface area contributed by atoms with Crippen LogP contribution in [0.15, 0.2) is 47.1 Å². The van der Waals surface area contributed by atoms with Gasteiger partial charge in [0.2, 0.25) is 5.88 Å². The number of rotatable bonds is 3. The summed E-state index contributed by atoms with van der Waals surface area (Å²) in [7, 11) is 3.11. The summed E-state index contributed by atoms with van der Waals surface area (Å²) in [6.07, 6.45) is 1.71. The number of aromatic nitrogens is 2. The third-order valence-electron chi connectivity index (χ3n) is 3.26. The molecule has 5 heteroatoms. The molecule has 0 radical (unpaired) electrons. The van der Waals surface area contributed by atoms with Crippen molar-refractivity contribution in [1.82, 2.24) is 9.97 Å². The highest BCUT2D eigenvalue weighted by Gasteiger charge is 2.14. The Kier molecular flexibility index (Phi) is 3.75. The Labute approximate surface area is 130 Å². The summed E-state index contributed by atoms with van der Waals surface area (Å²) in [4.78, 5) is 8.40. The zero-order valence-corrected chi connectivity index (χ0v) is 13.2. The van der Waals surface area contributed by atoms with E-state index in [0.717, 1.165) is 21.0 Å². The highest BCUT2D eigenvalue weighted by molar-refractivity contribution is 9.10. The minimum Gasteiger partial charge on any atom is -0.480 e. The largest absolute Gasteiger partial charge is 0.480 e. The van der Waals surface area contributed by atoms with Crippen LogP contribution in [-0.2, 0) is 0 Å². The number of halogens is 1. The maximum absolute atomic E-state index is 5.36. The monoisotopic (exact) mass is 344 g/mol. The van der Waals surface area contributed by atoms with E-state index in [1.807, 2.05) is 18.2 Å². The van der Waals surface area contributed by atoms with Crippen molar-refractivity contribution in [3.8, 4) is 23.0 Å². The van der Waals surface area contributed by atoms with Gasteiger partial charge in [0.05, 0.1) is 19.8 Å². The van der Waals surface area contributed by atoms with Crippen LogP contribution in [0.25, 0.3) is 21.9 Å². The molecule has 3 rings (SSSR count). The van der Waals surface area contributed by atoms with Crippen LogP contribution in [0, 0.1) is 0 Å². The standard InChI is InChI=1S/C16H13BrN2O2/c1-20-15-13(9-18-16(19-15)21-2)12-8-7-10-5-3-4-6-11(10)14(12)17/h3-9H,1-2H3. The Morgan fingerprint density at radius 3 is 2.52 bits per heavy atom. The van der Waals surface area contributed by atoms with Gasteiger partial charge >= 0.3 is 6.01 Å². The number of hydrogen-bond acceptors (Lipinski definition) is 4. The average molecular weight is 345 g/mol. The zero-order valence-electron chi connectivity index (χ0n) is 11.6. The molecular weight excluding hydrogens is 332 g/mol. The molecular formula is C16H13BrN2O2. The molecule has 4 nitrogen and oxygen atoms in total. The van der Waals surface area contributed by atoms with E-state index in [4.69, 9.17) is 9.47 Å². The fourth-order valence-electron chi connectivity index (χ4n) is 2.23. The van der Waals surface area contributed by atoms with Crippen LogP contribution in [0.3, 0.4) is 0 Å². The van der Waals surface area contributed by atoms with Crippen molar-refractivity contribution in [2.24, 2.45) is 0 Å². The van der Waals surface area contributed by atoms with E-state index in [0.29, 0.717) is 5.88 Å². The summed E-state index contributed by atoms with van der Waals surface area (Å²) in [6, 6.07) is 12.6. The van der Waals surface area contributed by atoms with E-state index in [2.05, 4.69) is 44.1 Å². The van der Waals surface area contributed by atoms with E-state index in [1.165, 1.54) is 12.5 Å². The summed E-state index contributed by atoms with van der Waals surface area (Å²) in [5, 5.41) is 2.30. The second kappa shape index (κ2) is 5.69. The van der Waals surface area contributed by atoms with E-state index in [-0.39, 0.29) is 6.01 Å². The summed E-state index contributed by atoms with van der Waals surface area (Å²) >= 11 is 3.68. The van der Waals surface area contributed by atoms with Crippen molar-refractivity contribution >= 4 is 26.7 Å². The summed E-state index contributed by atoms with van der Waals surface area (Å²) < 4.78 is 11.4. The van der Waals surface area contributed by atoms with Gasteiger partial charge < -0.3 is 9.47 Å². The first-order chi connectivity index (χ1) is 10.2. The number of hydrogen-bond donors (Lipinski definition) is 0. The van der Waals surface area contributed by atoms with Crippen molar-refractivity contribution < 1.29 is 9.47 Å². The van der Waals surface area contributed by atoms with Gasteiger partial charge in [-0.25, -0.2) is 4.98 Å². The second-order valence-electron chi connectivity index (χ2n) is 4.43. The molecule has 1 heterocycles. The van der Waals surface area contributed by atoms with Crippen LogP contribution < -0.4 is 9.47 Å². The minimum absolute atomic E-state index is 0.285. The first-order valence-electron chi connectivity index (χ1n) is 6.37. The van der Waals surface area contributed by atoms with Crippen LogP contribution >= 0.6 is 15.9 Å². The van der Waals surface area contributed by atoms with E-state index < -0.39 is 0 Å². The van der Waals surface area contributed by atoms with Crippen molar-refractivity contribution in [2.45, 2.75) is 0 Å². The second-order valence-corrected chi connectivity index (χ2v) is 5.22. The van der Waals surface area contributed by atoms with Crippen LogP contribution in [0.1, 0.15) is 0 Å². The Morgan fingerprint density at radius 2 is 1.76 bits per heavy atom. The lowest BCUT2D eigenvalue weighted by molar-refractivity contribution is 0.353. The molecule has 0 saturated carbocycles. The lowest BCUT2D eigenvalue weighted by atomic mass is 10.0. The SMILES string of the molecule is COc1ncc(-c2ccc3ccccc3c2Br)c(OC)n1. The molecule has 0 spiro atoms. The lowest BCUT2D eigenvalue weighted by Gasteiger charge is -2.11. The summed E-state index contributed by atoms with van der Waals surface area (Å²) in [6.45, 7) is 0. The average Bonchev–Trinajstić information content (AvgIpc) is 2.55. The number of nitrogens with zero attached hydrogens (tertiary/aromatic N) is 2. The predicted molar refractivity (Wildman–Crippen MR) is 85.8 cm³/mol. The van der Waals surface area contributed by atoms with Gasteiger partial charge in [-0.15, -0.1) is 0 Å². The van der Waals surface area contributed by atoms with E-state index in [9.17, 15) is 0 Å². The minimum atomic E-state index is 0.285. The molecule has 0 atom stereocenters. The van der Waals surface area contributed by atoms with Crippen molar-refractivity contribution in [3.05, 3.63) is 47.1 Å². The third kappa shape index (κ3) is 2.45. The van der Waals surface area contributed by atoms with Crippen molar-refractivity contribution in [1.29, 1.82) is 0 Å². The molecule has 2 aromatic carbocycles. The first kappa shape index (κ1) is 13.8. The maximum Gasteiger partial charge on any atom is 0.319 e. The molecule has 0 fully saturated rings. The quantitative estimate of drug-likeness (QED) is 0.718. The fourth-order valence-corrected chi connectivity index (χ4v) is 2.94. The molecule has 0 aliphatic heterocycles. The topological polar surface area (TPSA) is 44.2 Å². The molecule has 3 aromatic rings. The molecule has 21 heavy (non-hydrogen) atoms. The molecule has 0 amide bonds. The van der Waals surface area contributed by atoms with E-state index in [1.54, 1.807) is 13.3 Å². The van der Waals surface area contributed by atoms with Crippen molar-refractivity contribution in [3.63, 3.8) is 0 Å². The Bertz CT molecular complexity index is 805. The number of methoxy groups -OCH3 is 2. The van der Waals surface area contributed by atoms with Crippen molar-refractivity contribution in [2.75, 3.05) is 14.2 Å². The van der Waals surface area contributed by atoms with Crippen LogP contribution in [0.5, 0.6) is 11.9 Å². The van der Waals surface area contributed by atoms with Gasteiger partial charge in [0.25, 0.3) is 0 Å². The number of ether oxygens (including phenoxy) is 2. The molecule has 0 saturated heterocycles. The van der Waals surface area contributed by atoms with Gasteiger partial charge in [-0.3, -0.25) is 0 Å². The first-order valence-corrected chi connectivity index (χ1v) is 7.16. The molecule has 0 bridgehead atoms. The molecule has 1 aromatic heterocycles. The van der Waals surface area contributed by atoms with Gasteiger partial charge in [0.15, 0.2) is 0 Å². The maximum atomic E-state index is 5.36.